The van der Waals surface area contributed by atoms with E-state index in [0.717, 1.165) is 19.3 Å². The molecule has 4 nitrogen and oxygen atoms in total. The minimum absolute atomic E-state index is 0.174. The van der Waals surface area contributed by atoms with E-state index in [2.05, 4.69) is 36.5 Å². The van der Waals surface area contributed by atoms with Gasteiger partial charge in [0.2, 0.25) is 0 Å². The maximum absolute atomic E-state index is 9.74. The fourth-order valence-corrected chi connectivity index (χ4v) is 3.58. The highest BCUT2D eigenvalue weighted by atomic mass is 16.7. The summed E-state index contributed by atoms with van der Waals surface area (Å²) in [5, 5.41) is 13.4. The first kappa shape index (κ1) is 15.0. The van der Waals surface area contributed by atoms with Crippen molar-refractivity contribution in [2.75, 3.05) is 19.8 Å². The summed E-state index contributed by atoms with van der Waals surface area (Å²) in [4.78, 5) is 0. The van der Waals surface area contributed by atoms with Crippen LogP contribution in [-0.2, 0) is 9.47 Å². The van der Waals surface area contributed by atoms with Crippen molar-refractivity contribution in [2.45, 2.75) is 44.1 Å². The Bertz CT molecular complexity index is 445. The molecule has 3 rings (SSSR count). The van der Waals surface area contributed by atoms with Crippen LogP contribution in [0.3, 0.4) is 0 Å². The Morgan fingerprint density at radius 3 is 2.67 bits per heavy atom. The number of hydrogen-bond donors (Lipinski definition) is 2. The monoisotopic (exact) mass is 291 g/mol. The summed E-state index contributed by atoms with van der Waals surface area (Å²) in [6.45, 7) is 3.71. The van der Waals surface area contributed by atoms with Crippen molar-refractivity contribution in [3.05, 3.63) is 35.9 Å². The van der Waals surface area contributed by atoms with Crippen molar-refractivity contribution in [2.24, 2.45) is 5.92 Å². The first-order chi connectivity index (χ1) is 10.2. The summed E-state index contributed by atoms with van der Waals surface area (Å²) in [7, 11) is 0. The SMILES string of the molecule is CC(N[C@H]1CCC2(C[C@H]1CO)OCCO2)c1ccccc1. The van der Waals surface area contributed by atoms with Crippen LogP contribution in [0.5, 0.6) is 0 Å². The van der Waals surface area contributed by atoms with Gasteiger partial charge in [0.1, 0.15) is 0 Å². The van der Waals surface area contributed by atoms with Gasteiger partial charge in [0.15, 0.2) is 5.79 Å². The van der Waals surface area contributed by atoms with E-state index in [-0.39, 0.29) is 18.6 Å². The molecule has 1 unspecified atom stereocenters. The van der Waals surface area contributed by atoms with E-state index >= 15 is 0 Å². The lowest BCUT2D eigenvalue weighted by Crippen LogP contribution is -2.49. The Balaban J connectivity index is 1.63. The number of ether oxygens (including phenoxy) is 2. The molecule has 1 aromatic carbocycles. The van der Waals surface area contributed by atoms with Crippen molar-refractivity contribution < 1.29 is 14.6 Å². The Hall–Kier alpha value is -0.940. The third kappa shape index (κ3) is 3.29. The van der Waals surface area contributed by atoms with Crippen LogP contribution in [0.4, 0.5) is 0 Å². The molecule has 116 valence electrons. The number of nitrogens with one attached hydrogen (secondary N) is 1. The van der Waals surface area contributed by atoms with Crippen LogP contribution in [0.1, 0.15) is 37.8 Å². The van der Waals surface area contributed by atoms with Gasteiger partial charge in [0.25, 0.3) is 0 Å². The molecule has 1 aliphatic heterocycles. The van der Waals surface area contributed by atoms with Crippen LogP contribution in [0.15, 0.2) is 30.3 Å². The van der Waals surface area contributed by atoms with Gasteiger partial charge in [-0.2, -0.15) is 0 Å². The van der Waals surface area contributed by atoms with Gasteiger partial charge >= 0.3 is 0 Å². The highest BCUT2D eigenvalue weighted by Crippen LogP contribution is 2.39. The standard InChI is InChI=1S/C17H25NO3/c1-13(14-5-3-2-4-6-14)18-16-7-8-17(11-15(16)12-19)20-9-10-21-17/h2-6,13,15-16,18-19H,7-12H2,1H3/t13?,15-,16-/m0/s1. The van der Waals surface area contributed by atoms with E-state index in [1.165, 1.54) is 5.56 Å². The van der Waals surface area contributed by atoms with E-state index in [0.29, 0.717) is 19.3 Å². The van der Waals surface area contributed by atoms with Gasteiger partial charge in [-0.15, -0.1) is 0 Å². The Kier molecular flexibility index (Phi) is 4.60. The molecule has 1 saturated carbocycles. The lowest BCUT2D eigenvalue weighted by Gasteiger charge is -2.41. The van der Waals surface area contributed by atoms with Gasteiger partial charge in [0.05, 0.1) is 13.2 Å². The molecular weight excluding hydrogens is 266 g/mol. The molecule has 2 aliphatic rings. The Morgan fingerprint density at radius 1 is 1.29 bits per heavy atom. The molecule has 0 radical (unpaired) electrons. The molecule has 0 aromatic heterocycles. The number of hydrogen-bond acceptors (Lipinski definition) is 4. The van der Waals surface area contributed by atoms with Crippen molar-refractivity contribution in [3.8, 4) is 0 Å². The van der Waals surface area contributed by atoms with Crippen molar-refractivity contribution in [3.63, 3.8) is 0 Å². The molecule has 1 aromatic rings. The summed E-state index contributed by atoms with van der Waals surface area (Å²) >= 11 is 0. The van der Waals surface area contributed by atoms with Gasteiger partial charge in [-0.05, 0) is 18.9 Å². The van der Waals surface area contributed by atoms with E-state index in [4.69, 9.17) is 9.47 Å². The molecule has 1 heterocycles. The number of aliphatic hydroxyl groups is 1. The second-order valence-electron chi connectivity index (χ2n) is 6.20. The van der Waals surface area contributed by atoms with Gasteiger partial charge in [0, 0.05) is 37.5 Å². The van der Waals surface area contributed by atoms with E-state index < -0.39 is 5.79 Å². The Labute approximate surface area is 126 Å². The molecule has 3 atom stereocenters. The Morgan fingerprint density at radius 2 is 2.00 bits per heavy atom. The van der Waals surface area contributed by atoms with Crippen LogP contribution in [0.2, 0.25) is 0 Å². The van der Waals surface area contributed by atoms with Gasteiger partial charge in [-0.3, -0.25) is 0 Å². The fourth-order valence-electron chi connectivity index (χ4n) is 3.58. The summed E-state index contributed by atoms with van der Waals surface area (Å²) in [5.41, 5.74) is 1.28. The molecular formula is C17H25NO3. The fraction of sp³-hybridized carbons (Fsp3) is 0.647. The second-order valence-corrected chi connectivity index (χ2v) is 6.20. The molecule has 1 aliphatic carbocycles. The molecule has 21 heavy (non-hydrogen) atoms. The molecule has 0 amide bonds. The zero-order chi connectivity index (χ0) is 14.7. The van der Waals surface area contributed by atoms with E-state index in [1.807, 2.05) is 6.07 Å². The van der Waals surface area contributed by atoms with Crippen LogP contribution >= 0.6 is 0 Å². The molecule has 4 heteroatoms. The predicted octanol–water partition coefficient (Wildman–Crippen LogP) is 2.24. The highest BCUT2D eigenvalue weighted by molar-refractivity contribution is 5.18. The molecule has 1 spiro atoms. The van der Waals surface area contributed by atoms with Crippen molar-refractivity contribution >= 4 is 0 Å². The third-order valence-electron chi connectivity index (χ3n) is 4.79. The summed E-state index contributed by atoms with van der Waals surface area (Å²) in [6, 6.07) is 11.0. The minimum atomic E-state index is -0.429. The first-order valence-electron chi connectivity index (χ1n) is 7.92. The number of benzene rings is 1. The van der Waals surface area contributed by atoms with Crippen LogP contribution in [0.25, 0.3) is 0 Å². The lowest BCUT2D eigenvalue weighted by molar-refractivity contribution is -0.194. The maximum Gasteiger partial charge on any atom is 0.168 e. The lowest BCUT2D eigenvalue weighted by atomic mass is 9.80. The molecule has 1 saturated heterocycles. The average Bonchev–Trinajstić information content (AvgIpc) is 2.98. The molecule has 2 N–H and O–H groups in total. The minimum Gasteiger partial charge on any atom is -0.396 e. The van der Waals surface area contributed by atoms with Crippen LogP contribution in [0, 0.1) is 5.92 Å². The number of aliphatic hydroxyl groups excluding tert-OH is 1. The number of rotatable bonds is 4. The van der Waals surface area contributed by atoms with E-state index in [1.54, 1.807) is 0 Å². The average molecular weight is 291 g/mol. The predicted molar refractivity (Wildman–Crippen MR) is 80.8 cm³/mol. The summed E-state index contributed by atoms with van der Waals surface area (Å²) in [5.74, 6) is -0.246. The van der Waals surface area contributed by atoms with Crippen molar-refractivity contribution in [1.29, 1.82) is 0 Å². The first-order valence-corrected chi connectivity index (χ1v) is 7.92. The van der Waals surface area contributed by atoms with Gasteiger partial charge in [-0.1, -0.05) is 30.3 Å². The smallest absolute Gasteiger partial charge is 0.168 e. The summed E-state index contributed by atoms with van der Waals surface area (Å²) < 4.78 is 11.6. The van der Waals surface area contributed by atoms with Gasteiger partial charge < -0.3 is 19.9 Å². The highest BCUT2D eigenvalue weighted by Gasteiger charge is 2.45. The van der Waals surface area contributed by atoms with Gasteiger partial charge in [-0.25, -0.2) is 0 Å². The largest absolute Gasteiger partial charge is 0.396 e. The third-order valence-corrected chi connectivity index (χ3v) is 4.79. The topological polar surface area (TPSA) is 50.7 Å². The quantitative estimate of drug-likeness (QED) is 0.893. The molecule has 2 fully saturated rings. The summed E-state index contributed by atoms with van der Waals surface area (Å²) in [6.07, 6.45) is 2.66. The van der Waals surface area contributed by atoms with E-state index in [9.17, 15) is 5.11 Å². The van der Waals surface area contributed by atoms with Crippen LogP contribution in [-0.4, -0.2) is 36.8 Å². The zero-order valence-corrected chi connectivity index (χ0v) is 12.6. The molecule has 0 bridgehead atoms. The van der Waals surface area contributed by atoms with Crippen molar-refractivity contribution in [1.82, 2.24) is 5.32 Å². The maximum atomic E-state index is 9.74. The second kappa shape index (κ2) is 6.44. The zero-order valence-electron chi connectivity index (χ0n) is 12.6. The normalized spacial score (nSPS) is 29.6. The van der Waals surface area contributed by atoms with Crippen LogP contribution < -0.4 is 5.32 Å².